The zero-order chi connectivity index (χ0) is 17.4. The van der Waals surface area contributed by atoms with E-state index in [4.69, 9.17) is 0 Å². The molecular formula is C19H22N4O2. The van der Waals surface area contributed by atoms with Crippen LogP contribution < -0.4 is 5.56 Å². The Balaban J connectivity index is 1.48. The predicted octanol–water partition coefficient (Wildman–Crippen LogP) is 2.08. The van der Waals surface area contributed by atoms with Crippen LogP contribution in [0.3, 0.4) is 0 Å². The van der Waals surface area contributed by atoms with Crippen LogP contribution in [0.1, 0.15) is 36.9 Å². The Labute approximate surface area is 146 Å². The van der Waals surface area contributed by atoms with Gasteiger partial charge in [-0.3, -0.25) is 14.6 Å². The van der Waals surface area contributed by atoms with E-state index in [1.54, 1.807) is 12.4 Å². The molecule has 130 valence electrons. The number of likely N-dealkylation sites (tertiary alicyclic amines) is 1. The number of rotatable bonds is 4. The summed E-state index contributed by atoms with van der Waals surface area (Å²) in [5, 5.41) is 0. The van der Waals surface area contributed by atoms with Crippen molar-refractivity contribution in [2.45, 2.75) is 45.1 Å². The molecule has 2 atom stereocenters. The highest BCUT2D eigenvalue weighted by Gasteiger charge is 2.39. The van der Waals surface area contributed by atoms with Crippen molar-refractivity contribution in [2.75, 3.05) is 6.54 Å². The van der Waals surface area contributed by atoms with E-state index in [1.807, 2.05) is 24.0 Å². The molecule has 1 amide bonds. The lowest BCUT2D eigenvalue weighted by molar-refractivity contribution is -0.132. The van der Waals surface area contributed by atoms with Gasteiger partial charge in [-0.25, -0.2) is 4.98 Å². The van der Waals surface area contributed by atoms with Crippen LogP contribution in [0.2, 0.25) is 0 Å². The lowest BCUT2D eigenvalue weighted by Crippen LogP contribution is -2.38. The Morgan fingerprint density at radius 2 is 2.12 bits per heavy atom. The molecule has 6 heteroatoms. The zero-order valence-electron chi connectivity index (χ0n) is 14.4. The molecule has 1 saturated heterocycles. The molecule has 0 aromatic carbocycles. The second kappa shape index (κ2) is 6.43. The number of aromatic amines is 1. The van der Waals surface area contributed by atoms with E-state index in [1.165, 1.54) is 6.42 Å². The van der Waals surface area contributed by atoms with Gasteiger partial charge in [0.15, 0.2) is 0 Å². The van der Waals surface area contributed by atoms with Gasteiger partial charge in [0, 0.05) is 48.2 Å². The Morgan fingerprint density at radius 3 is 2.76 bits per heavy atom. The molecule has 2 aromatic rings. The Hall–Kier alpha value is -2.50. The van der Waals surface area contributed by atoms with Gasteiger partial charge >= 0.3 is 0 Å². The van der Waals surface area contributed by atoms with Gasteiger partial charge in [0.25, 0.3) is 5.56 Å². The van der Waals surface area contributed by atoms with E-state index in [9.17, 15) is 9.59 Å². The third-order valence-electron chi connectivity index (χ3n) is 5.49. The van der Waals surface area contributed by atoms with Crippen LogP contribution in [0.15, 0.2) is 29.3 Å². The summed E-state index contributed by atoms with van der Waals surface area (Å²) in [6, 6.07) is 4.05. The first-order valence-electron chi connectivity index (χ1n) is 8.91. The minimum absolute atomic E-state index is 0.157. The molecule has 6 nitrogen and oxygen atoms in total. The maximum atomic E-state index is 12.5. The highest BCUT2D eigenvalue weighted by Crippen LogP contribution is 2.37. The average Bonchev–Trinajstić information content (AvgIpc) is 3.25. The smallest absolute Gasteiger partial charge is 0.254 e. The minimum Gasteiger partial charge on any atom is -0.339 e. The summed E-state index contributed by atoms with van der Waals surface area (Å²) in [6.07, 6.45) is 7.71. The second-order valence-corrected chi connectivity index (χ2v) is 7.09. The van der Waals surface area contributed by atoms with Crippen LogP contribution in [0, 0.1) is 12.8 Å². The van der Waals surface area contributed by atoms with Gasteiger partial charge in [-0.15, -0.1) is 0 Å². The van der Waals surface area contributed by atoms with Crippen LogP contribution in [-0.2, 0) is 11.2 Å². The fourth-order valence-corrected chi connectivity index (χ4v) is 4.16. The first-order valence-corrected chi connectivity index (χ1v) is 8.91. The van der Waals surface area contributed by atoms with Crippen LogP contribution in [0.25, 0.3) is 11.4 Å². The molecule has 0 radical (unpaired) electrons. The zero-order valence-corrected chi connectivity index (χ0v) is 14.4. The molecule has 2 aromatic heterocycles. The fourth-order valence-electron chi connectivity index (χ4n) is 4.16. The van der Waals surface area contributed by atoms with Gasteiger partial charge in [0.2, 0.25) is 5.91 Å². The Kier molecular flexibility index (Phi) is 4.11. The molecule has 3 heterocycles. The van der Waals surface area contributed by atoms with Gasteiger partial charge in [-0.1, -0.05) is 0 Å². The molecule has 1 aliphatic carbocycles. The van der Waals surface area contributed by atoms with E-state index in [-0.39, 0.29) is 11.5 Å². The van der Waals surface area contributed by atoms with E-state index < -0.39 is 0 Å². The molecule has 1 aliphatic heterocycles. The molecule has 0 spiro atoms. The van der Waals surface area contributed by atoms with Crippen molar-refractivity contribution < 1.29 is 4.79 Å². The molecular weight excluding hydrogens is 316 g/mol. The highest BCUT2D eigenvalue weighted by molar-refractivity contribution is 5.77. The first-order chi connectivity index (χ1) is 12.1. The summed E-state index contributed by atoms with van der Waals surface area (Å²) in [7, 11) is 0. The van der Waals surface area contributed by atoms with Crippen molar-refractivity contribution in [2.24, 2.45) is 5.92 Å². The standard InChI is InChI=1S/C19H22N4O2/c1-12-16(4-5-17(24)23-11-13-2-3-15(23)10-13)19(25)22-18(21-12)14-6-8-20-9-7-14/h6-9,13,15H,2-5,10-11H2,1H3,(H,21,22,25)/t13-,15-/m0/s1. The maximum Gasteiger partial charge on any atom is 0.254 e. The van der Waals surface area contributed by atoms with Gasteiger partial charge in [0.05, 0.1) is 0 Å². The highest BCUT2D eigenvalue weighted by atomic mass is 16.2. The molecule has 0 unspecified atom stereocenters. The van der Waals surface area contributed by atoms with Crippen molar-refractivity contribution >= 4 is 5.91 Å². The lowest BCUT2D eigenvalue weighted by Gasteiger charge is -2.27. The average molecular weight is 338 g/mol. The molecule has 2 aliphatic rings. The summed E-state index contributed by atoms with van der Waals surface area (Å²) in [5.74, 6) is 1.40. The number of nitrogens with zero attached hydrogens (tertiary/aromatic N) is 3. The van der Waals surface area contributed by atoms with Crippen molar-refractivity contribution in [3.8, 4) is 11.4 Å². The van der Waals surface area contributed by atoms with Crippen molar-refractivity contribution in [3.05, 3.63) is 46.1 Å². The number of pyridine rings is 1. The summed E-state index contributed by atoms with van der Waals surface area (Å²) >= 11 is 0. The van der Waals surface area contributed by atoms with Crippen molar-refractivity contribution in [1.82, 2.24) is 19.9 Å². The number of fused-ring (bicyclic) bond motifs is 2. The second-order valence-electron chi connectivity index (χ2n) is 7.09. The number of nitrogens with one attached hydrogen (secondary N) is 1. The molecule has 2 fully saturated rings. The monoisotopic (exact) mass is 338 g/mol. The number of hydrogen-bond acceptors (Lipinski definition) is 4. The fraction of sp³-hybridized carbons (Fsp3) is 0.474. The Morgan fingerprint density at radius 1 is 1.32 bits per heavy atom. The summed E-state index contributed by atoms with van der Waals surface area (Å²) in [5.41, 5.74) is 1.96. The van der Waals surface area contributed by atoms with Crippen LogP contribution >= 0.6 is 0 Å². The largest absolute Gasteiger partial charge is 0.339 e. The van der Waals surface area contributed by atoms with Crippen LogP contribution in [0.5, 0.6) is 0 Å². The lowest BCUT2D eigenvalue weighted by atomic mass is 10.1. The number of aromatic nitrogens is 3. The van der Waals surface area contributed by atoms with Crippen LogP contribution in [0.4, 0.5) is 0 Å². The number of hydrogen-bond donors (Lipinski definition) is 1. The third kappa shape index (κ3) is 3.08. The van der Waals surface area contributed by atoms with E-state index in [0.717, 1.165) is 24.9 Å². The topological polar surface area (TPSA) is 79.0 Å². The van der Waals surface area contributed by atoms with Crippen molar-refractivity contribution in [3.63, 3.8) is 0 Å². The molecule has 1 saturated carbocycles. The third-order valence-corrected chi connectivity index (χ3v) is 5.49. The van der Waals surface area contributed by atoms with E-state index in [2.05, 4.69) is 15.0 Å². The maximum absolute atomic E-state index is 12.5. The summed E-state index contributed by atoms with van der Waals surface area (Å²) < 4.78 is 0. The molecule has 1 N–H and O–H groups in total. The quantitative estimate of drug-likeness (QED) is 0.926. The number of piperidine rings is 1. The van der Waals surface area contributed by atoms with Gasteiger partial charge in [-0.2, -0.15) is 0 Å². The van der Waals surface area contributed by atoms with E-state index >= 15 is 0 Å². The van der Waals surface area contributed by atoms with Gasteiger partial charge in [-0.05, 0) is 50.7 Å². The molecule has 25 heavy (non-hydrogen) atoms. The molecule has 4 rings (SSSR count). The number of aryl methyl sites for hydroxylation is 1. The van der Waals surface area contributed by atoms with Gasteiger partial charge < -0.3 is 9.88 Å². The Bertz CT molecular complexity index is 846. The SMILES string of the molecule is Cc1nc(-c2ccncc2)[nH]c(=O)c1CCC(=O)N1C[C@H]2CC[C@H]1C2. The molecule has 2 bridgehead atoms. The summed E-state index contributed by atoms with van der Waals surface area (Å²) in [6.45, 7) is 2.73. The van der Waals surface area contributed by atoms with Gasteiger partial charge in [0.1, 0.15) is 5.82 Å². The summed E-state index contributed by atoms with van der Waals surface area (Å²) in [4.78, 5) is 38.3. The normalized spacial score (nSPS) is 21.7. The predicted molar refractivity (Wildman–Crippen MR) is 94.0 cm³/mol. The minimum atomic E-state index is -0.157. The number of amides is 1. The number of carbonyl (C=O) groups excluding carboxylic acids is 1. The van der Waals surface area contributed by atoms with Crippen LogP contribution in [-0.4, -0.2) is 38.3 Å². The van der Waals surface area contributed by atoms with Crippen molar-refractivity contribution in [1.29, 1.82) is 0 Å². The first kappa shape index (κ1) is 16.0. The number of H-pyrrole nitrogens is 1. The number of carbonyl (C=O) groups is 1. The van der Waals surface area contributed by atoms with E-state index in [0.29, 0.717) is 41.9 Å².